The lowest BCUT2D eigenvalue weighted by molar-refractivity contribution is -0.136. The van der Waals surface area contributed by atoms with Gasteiger partial charge < -0.3 is 10.6 Å². The van der Waals surface area contributed by atoms with Crippen LogP contribution in [0.1, 0.15) is 61.9 Å². The summed E-state index contributed by atoms with van der Waals surface area (Å²) >= 11 is 0. The van der Waals surface area contributed by atoms with Gasteiger partial charge in [0.1, 0.15) is 5.82 Å². The summed E-state index contributed by atoms with van der Waals surface area (Å²) in [6.07, 6.45) is 8.54. The Hall–Kier alpha value is -2.97. The third-order valence-corrected chi connectivity index (χ3v) is 5.60. The molecule has 2 aliphatic rings. The smallest absolute Gasteiger partial charge is 0.314 e. The highest BCUT2D eigenvalue weighted by Crippen LogP contribution is 2.20. The van der Waals surface area contributed by atoms with Gasteiger partial charge in [0.25, 0.3) is 5.56 Å². The minimum absolute atomic E-state index is 0.0484. The van der Waals surface area contributed by atoms with Crippen molar-refractivity contribution in [2.45, 2.75) is 70.8 Å². The van der Waals surface area contributed by atoms with E-state index < -0.39 is 11.8 Å². The number of hydrogen-bond acceptors (Lipinski definition) is 5. The standard InChI is InChI=1S/C20H26N6O3/c1-12-11-16(23-19(29)18(28)21-13-7-3-2-4-8-13)26(25-12)20-22-15-10-6-5-9-14(15)17(27)24-20/h11,13H,2-10H2,1H3,(H,21,28)(H,23,29)(H,22,24,27). The Balaban J connectivity index is 1.54. The number of rotatable bonds is 3. The van der Waals surface area contributed by atoms with Gasteiger partial charge in [-0.25, -0.2) is 4.98 Å². The van der Waals surface area contributed by atoms with Crippen molar-refractivity contribution in [2.24, 2.45) is 0 Å². The van der Waals surface area contributed by atoms with Gasteiger partial charge in [-0.1, -0.05) is 19.3 Å². The fourth-order valence-electron chi connectivity index (χ4n) is 4.11. The van der Waals surface area contributed by atoms with Crippen molar-refractivity contribution in [1.29, 1.82) is 0 Å². The van der Waals surface area contributed by atoms with Crippen LogP contribution >= 0.6 is 0 Å². The zero-order valence-electron chi connectivity index (χ0n) is 16.6. The number of amides is 2. The first kappa shape index (κ1) is 19.4. The van der Waals surface area contributed by atoms with Crippen LogP contribution in [-0.2, 0) is 22.4 Å². The minimum Gasteiger partial charge on any atom is -0.345 e. The molecule has 0 aliphatic heterocycles. The average molecular weight is 398 g/mol. The van der Waals surface area contributed by atoms with E-state index in [2.05, 4.69) is 25.7 Å². The molecule has 154 valence electrons. The number of nitrogens with zero attached hydrogens (tertiary/aromatic N) is 3. The molecule has 2 amide bonds. The molecule has 0 aromatic carbocycles. The van der Waals surface area contributed by atoms with Gasteiger partial charge in [-0.3, -0.25) is 19.4 Å². The number of aromatic nitrogens is 4. The minimum atomic E-state index is -0.753. The molecule has 2 aromatic rings. The van der Waals surface area contributed by atoms with Crippen LogP contribution in [0.5, 0.6) is 0 Å². The third kappa shape index (κ3) is 4.23. The number of H-pyrrole nitrogens is 1. The van der Waals surface area contributed by atoms with Gasteiger partial charge in [-0.15, -0.1) is 0 Å². The Kier molecular flexibility index (Phi) is 5.46. The maximum atomic E-state index is 12.4. The zero-order chi connectivity index (χ0) is 20.4. The van der Waals surface area contributed by atoms with Crippen molar-refractivity contribution in [3.05, 3.63) is 33.4 Å². The molecule has 0 bridgehead atoms. The first-order valence-corrected chi connectivity index (χ1v) is 10.3. The van der Waals surface area contributed by atoms with Crippen LogP contribution in [0.4, 0.5) is 5.82 Å². The van der Waals surface area contributed by atoms with Gasteiger partial charge in [-0.05, 0) is 45.4 Å². The summed E-state index contributed by atoms with van der Waals surface area (Å²) in [7, 11) is 0. The lowest BCUT2D eigenvalue weighted by atomic mass is 9.95. The zero-order valence-corrected chi connectivity index (χ0v) is 16.6. The Morgan fingerprint density at radius 1 is 1.10 bits per heavy atom. The van der Waals surface area contributed by atoms with Crippen molar-refractivity contribution in [1.82, 2.24) is 25.1 Å². The van der Waals surface area contributed by atoms with E-state index >= 15 is 0 Å². The SMILES string of the molecule is Cc1cc(NC(=O)C(=O)NC2CCCCC2)n(-c2nc3c(c(=O)[nH]2)CCCC3)n1. The second kappa shape index (κ2) is 8.18. The highest BCUT2D eigenvalue weighted by molar-refractivity contribution is 6.39. The predicted octanol–water partition coefficient (Wildman–Crippen LogP) is 1.53. The Bertz CT molecular complexity index is 987. The molecule has 9 heteroatoms. The average Bonchev–Trinajstić information content (AvgIpc) is 3.08. The Morgan fingerprint density at radius 2 is 1.86 bits per heavy atom. The second-order valence-corrected chi connectivity index (χ2v) is 7.87. The van der Waals surface area contributed by atoms with E-state index in [1.54, 1.807) is 13.0 Å². The van der Waals surface area contributed by atoms with Crippen molar-refractivity contribution in [3.63, 3.8) is 0 Å². The number of carbonyl (C=O) groups excluding carboxylic acids is 2. The van der Waals surface area contributed by atoms with Crippen molar-refractivity contribution >= 4 is 17.6 Å². The summed E-state index contributed by atoms with van der Waals surface area (Å²) in [5, 5.41) is 9.74. The molecule has 0 unspecified atom stereocenters. The molecule has 0 saturated heterocycles. The van der Waals surface area contributed by atoms with E-state index in [0.717, 1.165) is 62.6 Å². The van der Waals surface area contributed by atoms with E-state index in [1.807, 2.05) is 0 Å². The maximum Gasteiger partial charge on any atom is 0.314 e. The van der Waals surface area contributed by atoms with E-state index in [4.69, 9.17) is 0 Å². The van der Waals surface area contributed by atoms with Crippen molar-refractivity contribution in [3.8, 4) is 5.95 Å². The summed E-state index contributed by atoms with van der Waals surface area (Å²) in [6, 6.07) is 1.69. The first-order valence-electron chi connectivity index (χ1n) is 10.3. The topological polar surface area (TPSA) is 122 Å². The molecule has 0 spiro atoms. The lowest BCUT2D eigenvalue weighted by Crippen LogP contribution is -2.42. The lowest BCUT2D eigenvalue weighted by Gasteiger charge is -2.22. The molecule has 4 rings (SSSR count). The van der Waals surface area contributed by atoms with Crippen LogP contribution < -0.4 is 16.2 Å². The molecule has 2 aromatic heterocycles. The van der Waals surface area contributed by atoms with Gasteiger partial charge in [0.2, 0.25) is 5.95 Å². The molecule has 1 fully saturated rings. The van der Waals surface area contributed by atoms with Crippen LogP contribution in [0, 0.1) is 6.92 Å². The fourth-order valence-corrected chi connectivity index (χ4v) is 4.11. The van der Waals surface area contributed by atoms with Gasteiger partial charge in [0.05, 0.1) is 11.4 Å². The number of carbonyl (C=O) groups is 2. The Morgan fingerprint density at radius 3 is 2.66 bits per heavy atom. The molecule has 1 saturated carbocycles. The number of aryl methyl sites for hydroxylation is 2. The molecular weight excluding hydrogens is 372 g/mol. The summed E-state index contributed by atoms with van der Waals surface area (Å²) in [6.45, 7) is 1.77. The fraction of sp³-hybridized carbons (Fsp3) is 0.550. The number of hydrogen-bond donors (Lipinski definition) is 3. The largest absolute Gasteiger partial charge is 0.345 e. The van der Waals surface area contributed by atoms with Crippen LogP contribution in [0.15, 0.2) is 10.9 Å². The monoisotopic (exact) mass is 398 g/mol. The van der Waals surface area contributed by atoms with E-state index in [9.17, 15) is 14.4 Å². The predicted molar refractivity (Wildman–Crippen MR) is 107 cm³/mol. The van der Waals surface area contributed by atoms with Crippen LogP contribution in [0.25, 0.3) is 5.95 Å². The number of fused-ring (bicyclic) bond motifs is 1. The summed E-state index contributed by atoms with van der Waals surface area (Å²) in [4.78, 5) is 44.5. The highest BCUT2D eigenvalue weighted by atomic mass is 16.2. The van der Waals surface area contributed by atoms with Crippen molar-refractivity contribution < 1.29 is 9.59 Å². The van der Waals surface area contributed by atoms with Gasteiger partial charge >= 0.3 is 11.8 Å². The second-order valence-electron chi connectivity index (χ2n) is 7.87. The molecule has 2 aliphatic carbocycles. The normalized spacial score (nSPS) is 16.9. The van der Waals surface area contributed by atoms with E-state index in [1.165, 1.54) is 11.1 Å². The van der Waals surface area contributed by atoms with Crippen molar-refractivity contribution in [2.75, 3.05) is 5.32 Å². The first-order chi connectivity index (χ1) is 14.0. The van der Waals surface area contributed by atoms with Crippen LogP contribution in [-0.4, -0.2) is 37.6 Å². The molecule has 9 nitrogen and oxygen atoms in total. The van der Waals surface area contributed by atoms with Gasteiger partial charge in [0, 0.05) is 17.7 Å². The number of nitrogens with one attached hydrogen (secondary N) is 3. The summed E-state index contributed by atoms with van der Waals surface area (Å²) in [5.41, 5.74) is 1.95. The quantitative estimate of drug-likeness (QED) is 0.677. The molecule has 0 radical (unpaired) electrons. The molecule has 2 heterocycles. The molecule has 0 atom stereocenters. The highest BCUT2D eigenvalue weighted by Gasteiger charge is 2.23. The number of aromatic amines is 1. The third-order valence-electron chi connectivity index (χ3n) is 5.60. The maximum absolute atomic E-state index is 12.4. The van der Waals surface area contributed by atoms with E-state index in [0.29, 0.717) is 11.5 Å². The molecule has 29 heavy (non-hydrogen) atoms. The van der Waals surface area contributed by atoms with Gasteiger partial charge in [0.15, 0.2) is 0 Å². The van der Waals surface area contributed by atoms with E-state index in [-0.39, 0.29) is 17.5 Å². The van der Waals surface area contributed by atoms with Gasteiger partial charge in [-0.2, -0.15) is 9.78 Å². The summed E-state index contributed by atoms with van der Waals surface area (Å²) < 4.78 is 1.37. The van der Waals surface area contributed by atoms with Crippen LogP contribution in [0.2, 0.25) is 0 Å². The van der Waals surface area contributed by atoms with Crippen LogP contribution in [0.3, 0.4) is 0 Å². The number of anilines is 1. The molecule has 3 N–H and O–H groups in total. The molecular formula is C20H26N6O3. The summed E-state index contributed by atoms with van der Waals surface area (Å²) in [5.74, 6) is -0.872. The Labute approximate surface area is 168 Å².